The Bertz CT molecular complexity index is 188. The van der Waals surface area contributed by atoms with Gasteiger partial charge in [0.1, 0.15) is 0 Å². The predicted molar refractivity (Wildman–Crippen MR) is 69.4 cm³/mol. The molecule has 1 unspecified atom stereocenters. The largest absolute Gasteiger partial charge is 0.352 e. The van der Waals surface area contributed by atoms with Gasteiger partial charge in [-0.25, -0.2) is 0 Å². The number of carbonyl (C=O) groups is 1. The molecular weight excluding hydrogens is 200 g/mol. The molecule has 0 aliphatic carbocycles. The molecule has 1 atom stereocenters. The minimum atomic E-state index is 0.115. The first kappa shape index (κ1) is 15.4. The molecule has 0 radical (unpaired) electrons. The summed E-state index contributed by atoms with van der Waals surface area (Å²) in [6.45, 7) is 12.2. The van der Waals surface area contributed by atoms with E-state index >= 15 is 0 Å². The first-order chi connectivity index (χ1) is 7.51. The Kier molecular flexibility index (Phi) is 8.26. The topological polar surface area (TPSA) is 41.1 Å². The number of nitrogens with one attached hydrogen (secondary N) is 2. The summed E-state index contributed by atoms with van der Waals surface area (Å²) in [5.41, 5.74) is 0. The van der Waals surface area contributed by atoms with Crippen LogP contribution in [0.5, 0.6) is 0 Å². The summed E-state index contributed by atoms with van der Waals surface area (Å²) in [6, 6.07) is 0.330. The van der Waals surface area contributed by atoms with E-state index in [4.69, 9.17) is 0 Å². The summed E-state index contributed by atoms with van der Waals surface area (Å²) < 4.78 is 0. The fourth-order valence-electron chi connectivity index (χ4n) is 1.42. The molecule has 3 heteroatoms. The van der Waals surface area contributed by atoms with Crippen LogP contribution in [0.1, 0.15) is 47.5 Å². The molecule has 96 valence electrons. The summed E-state index contributed by atoms with van der Waals surface area (Å²) >= 11 is 0. The van der Waals surface area contributed by atoms with Gasteiger partial charge in [-0.15, -0.1) is 0 Å². The molecule has 0 aromatic carbocycles. The Morgan fingerprint density at radius 2 is 1.69 bits per heavy atom. The molecular formula is C13H28N2O. The van der Waals surface area contributed by atoms with Gasteiger partial charge in [0.15, 0.2) is 0 Å². The minimum Gasteiger partial charge on any atom is -0.352 e. The Balaban J connectivity index is 3.65. The number of hydrogen-bond acceptors (Lipinski definition) is 2. The predicted octanol–water partition coefficient (Wildman–Crippen LogP) is 2.17. The maximum Gasteiger partial charge on any atom is 0.234 e. The van der Waals surface area contributed by atoms with Crippen molar-refractivity contribution in [3.8, 4) is 0 Å². The molecule has 0 aliphatic rings. The summed E-state index contributed by atoms with van der Waals surface area (Å²) in [5.74, 6) is 1.39. The van der Waals surface area contributed by atoms with E-state index in [1.807, 2.05) is 0 Å². The van der Waals surface area contributed by atoms with Crippen LogP contribution in [0, 0.1) is 11.8 Å². The van der Waals surface area contributed by atoms with Crippen LogP contribution < -0.4 is 10.6 Å². The zero-order chi connectivity index (χ0) is 12.6. The van der Waals surface area contributed by atoms with Crippen LogP contribution in [0.2, 0.25) is 0 Å². The van der Waals surface area contributed by atoms with Gasteiger partial charge in [-0.2, -0.15) is 0 Å². The first-order valence-electron chi connectivity index (χ1n) is 6.51. The highest BCUT2D eigenvalue weighted by atomic mass is 16.1. The molecule has 1 amide bonds. The lowest BCUT2D eigenvalue weighted by Crippen LogP contribution is -2.41. The molecule has 0 fully saturated rings. The van der Waals surface area contributed by atoms with E-state index in [2.05, 4.69) is 45.3 Å². The molecule has 0 aliphatic heterocycles. The number of hydrogen-bond donors (Lipinski definition) is 2. The molecule has 0 aromatic rings. The molecule has 0 saturated heterocycles. The molecule has 3 nitrogen and oxygen atoms in total. The fraction of sp³-hybridized carbons (Fsp3) is 0.923. The maximum atomic E-state index is 11.5. The Morgan fingerprint density at radius 1 is 1.12 bits per heavy atom. The Hall–Kier alpha value is -0.570. The van der Waals surface area contributed by atoms with Crippen molar-refractivity contribution >= 4 is 5.91 Å². The smallest absolute Gasteiger partial charge is 0.234 e. The number of carbonyl (C=O) groups excluding carboxylic acids is 1. The van der Waals surface area contributed by atoms with Crippen LogP contribution >= 0.6 is 0 Å². The highest BCUT2D eigenvalue weighted by Gasteiger charge is 2.09. The highest BCUT2D eigenvalue weighted by Crippen LogP contribution is 2.07. The van der Waals surface area contributed by atoms with Crippen molar-refractivity contribution in [3.05, 3.63) is 0 Å². The SMILES string of the molecule is CCC(CC)NC(=O)CNCC(C)C(C)C. The molecule has 2 N–H and O–H groups in total. The lowest BCUT2D eigenvalue weighted by atomic mass is 9.98. The maximum absolute atomic E-state index is 11.5. The van der Waals surface area contributed by atoms with Crippen LogP contribution in [0.25, 0.3) is 0 Å². The number of amides is 1. The summed E-state index contributed by atoms with van der Waals surface area (Å²) in [7, 11) is 0. The van der Waals surface area contributed by atoms with Crippen LogP contribution in [-0.2, 0) is 4.79 Å². The first-order valence-corrected chi connectivity index (χ1v) is 6.51. The Labute approximate surface area is 100 Å². The molecule has 0 aromatic heterocycles. The fourth-order valence-corrected chi connectivity index (χ4v) is 1.42. The van der Waals surface area contributed by atoms with Crippen LogP contribution in [0.3, 0.4) is 0 Å². The summed E-state index contributed by atoms with van der Waals surface area (Å²) in [5, 5.41) is 6.23. The van der Waals surface area contributed by atoms with Gasteiger partial charge in [-0.3, -0.25) is 4.79 Å². The van der Waals surface area contributed by atoms with E-state index in [-0.39, 0.29) is 5.91 Å². The van der Waals surface area contributed by atoms with Gasteiger partial charge < -0.3 is 10.6 Å². The van der Waals surface area contributed by atoms with Gasteiger partial charge in [-0.05, 0) is 31.2 Å². The molecule has 0 spiro atoms. The van der Waals surface area contributed by atoms with Crippen molar-refractivity contribution in [2.75, 3.05) is 13.1 Å². The molecule has 16 heavy (non-hydrogen) atoms. The number of rotatable bonds is 8. The van der Waals surface area contributed by atoms with Crippen LogP contribution in [-0.4, -0.2) is 25.0 Å². The molecule has 0 saturated carbocycles. The second-order valence-electron chi connectivity index (χ2n) is 4.93. The van der Waals surface area contributed by atoms with Gasteiger partial charge in [0.2, 0.25) is 5.91 Å². The lowest BCUT2D eigenvalue weighted by Gasteiger charge is -2.18. The second-order valence-corrected chi connectivity index (χ2v) is 4.93. The average Bonchev–Trinajstić information content (AvgIpc) is 2.25. The molecule has 0 heterocycles. The van der Waals surface area contributed by atoms with Crippen LogP contribution in [0.4, 0.5) is 0 Å². The standard InChI is InChI=1S/C13H28N2O/c1-6-12(7-2)15-13(16)9-14-8-11(5)10(3)4/h10-12,14H,6-9H2,1-5H3,(H,15,16). The summed E-state index contributed by atoms with van der Waals surface area (Å²) in [6.07, 6.45) is 2.01. The van der Waals surface area contributed by atoms with Crippen molar-refractivity contribution < 1.29 is 4.79 Å². The van der Waals surface area contributed by atoms with Crippen molar-refractivity contribution in [3.63, 3.8) is 0 Å². The van der Waals surface area contributed by atoms with Crippen molar-refractivity contribution in [2.45, 2.75) is 53.5 Å². The van der Waals surface area contributed by atoms with E-state index in [9.17, 15) is 4.79 Å². The van der Waals surface area contributed by atoms with E-state index in [1.54, 1.807) is 0 Å². The van der Waals surface area contributed by atoms with E-state index in [0.717, 1.165) is 19.4 Å². The monoisotopic (exact) mass is 228 g/mol. The van der Waals surface area contributed by atoms with E-state index < -0.39 is 0 Å². The average molecular weight is 228 g/mol. The third-order valence-corrected chi connectivity index (χ3v) is 3.24. The van der Waals surface area contributed by atoms with Gasteiger partial charge in [0, 0.05) is 6.04 Å². The normalized spacial score (nSPS) is 13.2. The van der Waals surface area contributed by atoms with Crippen molar-refractivity contribution in [1.29, 1.82) is 0 Å². The second kappa shape index (κ2) is 8.57. The van der Waals surface area contributed by atoms with Crippen molar-refractivity contribution in [2.24, 2.45) is 11.8 Å². The quantitative estimate of drug-likeness (QED) is 0.668. The van der Waals surface area contributed by atoms with Crippen molar-refractivity contribution in [1.82, 2.24) is 10.6 Å². The third-order valence-electron chi connectivity index (χ3n) is 3.24. The molecule has 0 bridgehead atoms. The Morgan fingerprint density at radius 3 is 2.12 bits per heavy atom. The third kappa shape index (κ3) is 6.83. The minimum absolute atomic E-state index is 0.115. The van der Waals surface area contributed by atoms with Gasteiger partial charge in [0.25, 0.3) is 0 Å². The van der Waals surface area contributed by atoms with E-state index in [0.29, 0.717) is 24.4 Å². The lowest BCUT2D eigenvalue weighted by molar-refractivity contribution is -0.121. The van der Waals surface area contributed by atoms with Crippen LogP contribution in [0.15, 0.2) is 0 Å². The zero-order valence-corrected chi connectivity index (χ0v) is 11.5. The van der Waals surface area contributed by atoms with Gasteiger partial charge in [-0.1, -0.05) is 34.6 Å². The molecule has 0 rings (SSSR count). The zero-order valence-electron chi connectivity index (χ0n) is 11.5. The van der Waals surface area contributed by atoms with Gasteiger partial charge in [0.05, 0.1) is 6.54 Å². The van der Waals surface area contributed by atoms with E-state index in [1.165, 1.54) is 0 Å². The van der Waals surface area contributed by atoms with Gasteiger partial charge >= 0.3 is 0 Å². The highest BCUT2D eigenvalue weighted by molar-refractivity contribution is 5.78. The summed E-state index contributed by atoms with van der Waals surface area (Å²) in [4.78, 5) is 11.5.